The molecule has 2 heterocycles. The van der Waals surface area contributed by atoms with E-state index in [4.69, 9.17) is 0 Å². The van der Waals surface area contributed by atoms with Crippen molar-refractivity contribution in [3.05, 3.63) is 90.3 Å². The molecule has 0 bridgehead atoms. The molecule has 2 aromatic heterocycles. The van der Waals surface area contributed by atoms with Gasteiger partial charge in [-0.05, 0) is 48.5 Å². The second kappa shape index (κ2) is 8.32. The molecule has 0 aliphatic heterocycles. The Labute approximate surface area is 169 Å². The summed E-state index contributed by atoms with van der Waals surface area (Å²) in [6, 6.07) is 15.2. The van der Waals surface area contributed by atoms with E-state index in [1.54, 1.807) is 47.3 Å². The number of Topliss-reactive ketones (excluding diaryl/α,β-unsaturated/α-hetero) is 1. The second-order valence-corrected chi connectivity index (χ2v) is 7.00. The van der Waals surface area contributed by atoms with Gasteiger partial charge >= 0.3 is 0 Å². The van der Waals surface area contributed by atoms with Crippen LogP contribution >= 0.6 is 11.8 Å². The first-order chi connectivity index (χ1) is 14.1. The summed E-state index contributed by atoms with van der Waals surface area (Å²) >= 11 is 1.13. The third kappa shape index (κ3) is 4.07. The van der Waals surface area contributed by atoms with Crippen LogP contribution < -0.4 is 0 Å². The van der Waals surface area contributed by atoms with Crippen molar-refractivity contribution in [2.24, 2.45) is 0 Å². The summed E-state index contributed by atoms with van der Waals surface area (Å²) < 4.78 is 29.2. The highest BCUT2D eigenvalue weighted by Gasteiger charge is 2.19. The number of pyridine rings is 1. The van der Waals surface area contributed by atoms with Crippen molar-refractivity contribution in [1.29, 1.82) is 0 Å². The van der Waals surface area contributed by atoms with Crippen LogP contribution in [0.4, 0.5) is 8.78 Å². The fraction of sp³-hybridized carbons (Fsp3) is 0.0476. The Morgan fingerprint density at radius 1 is 0.966 bits per heavy atom. The van der Waals surface area contributed by atoms with Crippen LogP contribution in [0.3, 0.4) is 0 Å². The maximum atomic E-state index is 14.5. The molecule has 0 saturated carbocycles. The minimum absolute atomic E-state index is 0.0469. The van der Waals surface area contributed by atoms with Gasteiger partial charge in [0.1, 0.15) is 11.6 Å². The number of rotatable bonds is 6. The van der Waals surface area contributed by atoms with E-state index in [9.17, 15) is 13.6 Å². The molecule has 5 nitrogen and oxygen atoms in total. The zero-order valence-electron chi connectivity index (χ0n) is 15.0. The molecule has 0 atom stereocenters. The van der Waals surface area contributed by atoms with Crippen LogP contribution in [0.2, 0.25) is 0 Å². The lowest BCUT2D eigenvalue weighted by Gasteiger charge is -2.11. The van der Waals surface area contributed by atoms with Gasteiger partial charge in [-0.25, -0.2) is 8.78 Å². The highest BCUT2D eigenvalue weighted by molar-refractivity contribution is 7.99. The molecule has 8 heteroatoms. The zero-order valence-corrected chi connectivity index (χ0v) is 15.8. The molecule has 0 aliphatic carbocycles. The number of aromatic nitrogens is 4. The maximum Gasteiger partial charge on any atom is 0.196 e. The molecule has 0 aliphatic rings. The largest absolute Gasteiger partial charge is 0.293 e. The van der Waals surface area contributed by atoms with Gasteiger partial charge < -0.3 is 0 Å². The molecular formula is C21H14F2N4OS. The minimum Gasteiger partial charge on any atom is -0.293 e. The minimum atomic E-state index is -0.441. The third-order valence-corrected chi connectivity index (χ3v) is 5.07. The Morgan fingerprint density at radius 2 is 1.76 bits per heavy atom. The average Bonchev–Trinajstić information content (AvgIpc) is 3.17. The first kappa shape index (κ1) is 18.9. The third-order valence-electron chi connectivity index (χ3n) is 4.15. The Morgan fingerprint density at radius 3 is 2.48 bits per heavy atom. The number of thioether (sulfide) groups is 1. The van der Waals surface area contributed by atoms with E-state index in [2.05, 4.69) is 15.2 Å². The lowest BCUT2D eigenvalue weighted by Crippen LogP contribution is -2.06. The summed E-state index contributed by atoms with van der Waals surface area (Å²) in [5.74, 6) is -0.578. The first-order valence-corrected chi connectivity index (χ1v) is 9.64. The Balaban J connectivity index is 1.68. The highest BCUT2D eigenvalue weighted by atomic mass is 32.2. The van der Waals surface area contributed by atoms with Crippen molar-refractivity contribution < 1.29 is 13.6 Å². The zero-order chi connectivity index (χ0) is 20.2. The second-order valence-electron chi connectivity index (χ2n) is 6.05. The number of halogens is 2. The summed E-state index contributed by atoms with van der Waals surface area (Å²) in [5, 5.41) is 8.71. The van der Waals surface area contributed by atoms with E-state index >= 15 is 0 Å². The molecule has 4 aromatic rings. The predicted octanol–water partition coefficient (Wildman–Crippen LogP) is 4.58. The molecule has 0 N–H and O–H groups in total. The summed E-state index contributed by atoms with van der Waals surface area (Å²) in [6.45, 7) is 0. The molecule has 0 radical (unpaired) electrons. The van der Waals surface area contributed by atoms with Gasteiger partial charge in [-0.15, -0.1) is 10.2 Å². The van der Waals surface area contributed by atoms with Crippen molar-refractivity contribution >= 4 is 17.5 Å². The number of para-hydroxylation sites is 1. The molecule has 0 amide bonds. The standard InChI is InChI=1S/C21H14F2N4OS/c22-16-9-7-14(8-10-16)19(28)13-29-21-26-25-20(15-4-3-11-24-12-15)27(21)18-6-2-1-5-17(18)23/h1-12H,13H2. The van der Waals surface area contributed by atoms with Gasteiger partial charge in [0.2, 0.25) is 0 Å². The molecule has 0 unspecified atom stereocenters. The van der Waals surface area contributed by atoms with Crippen molar-refractivity contribution in [2.45, 2.75) is 5.16 Å². The monoisotopic (exact) mass is 408 g/mol. The Hall–Kier alpha value is -3.39. The van der Waals surface area contributed by atoms with Gasteiger partial charge in [-0.2, -0.15) is 0 Å². The quantitative estimate of drug-likeness (QED) is 0.345. The molecule has 4 rings (SSSR count). The van der Waals surface area contributed by atoms with E-state index in [1.807, 2.05) is 0 Å². The Kier molecular flexibility index (Phi) is 5.44. The average molecular weight is 408 g/mol. The topological polar surface area (TPSA) is 60.7 Å². The first-order valence-electron chi connectivity index (χ1n) is 8.66. The van der Waals surface area contributed by atoms with Crippen molar-refractivity contribution in [1.82, 2.24) is 19.7 Å². The van der Waals surface area contributed by atoms with Crippen LogP contribution in [0.1, 0.15) is 10.4 Å². The van der Waals surface area contributed by atoms with Gasteiger partial charge in [0.15, 0.2) is 16.8 Å². The van der Waals surface area contributed by atoms with Crippen LogP contribution in [-0.2, 0) is 0 Å². The van der Waals surface area contributed by atoms with Crippen LogP contribution in [0.25, 0.3) is 17.1 Å². The normalized spacial score (nSPS) is 10.8. The van der Waals surface area contributed by atoms with Crippen LogP contribution in [0.5, 0.6) is 0 Å². The van der Waals surface area contributed by atoms with Gasteiger partial charge in [-0.1, -0.05) is 23.9 Å². The summed E-state index contributed by atoms with van der Waals surface area (Å²) in [4.78, 5) is 16.5. The lowest BCUT2D eigenvalue weighted by atomic mass is 10.1. The number of carbonyl (C=O) groups excluding carboxylic acids is 1. The molecule has 0 fully saturated rings. The fourth-order valence-corrected chi connectivity index (χ4v) is 3.58. The highest BCUT2D eigenvalue weighted by Crippen LogP contribution is 2.29. The fourth-order valence-electron chi connectivity index (χ4n) is 2.74. The van der Waals surface area contributed by atoms with Crippen molar-refractivity contribution in [3.8, 4) is 17.1 Å². The van der Waals surface area contributed by atoms with Crippen LogP contribution in [0, 0.1) is 11.6 Å². The maximum absolute atomic E-state index is 14.5. The number of ketones is 1. The van der Waals surface area contributed by atoms with Crippen LogP contribution in [-0.4, -0.2) is 31.3 Å². The molecule has 0 saturated heterocycles. The summed E-state index contributed by atoms with van der Waals surface area (Å²) in [6.07, 6.45) is 3.24. The van der Waals surface area contributed by atoms with E-state index in [0.717, 1.165) is 11.8 Å². The van der Waals surface area contributed by atoms with E-state index in [0.29, 0.717) is 22.1 Å². The SMILES string of the molecule is O=C(CSc1nnc(-c2cccnc2)n1-c1ccccc1F)c1ccc(F)cc1. The molecule has 2 aromatic carbocycles. The number of carbonyl (C=O) groups is 1. The van der Waals surface area contributed by atoms with E-state index in [-0.39, 0.29) is 17.2 Å². The number of benzene rings is 2. The van der Waals surface area contributed by atoms with Gasteiger partial charge in [0, 0.05) is 23.5 Å². The summed E-state index contributed by atoms with van der Waals surface area (Å²) in [7, 11) is 0. The molecule has 0 spiro atoms. The van der Waals surface area contributed by atoms with Crippen molar-refractivity contribution in [2.75, 3.05) is 5.75 Å². The van der Waals surface area contributed by atoms with E-state index < -0.39 is 11.6 Å². The number of hydrogen-bond acceptors (Lipinski definition) is 5. The van der Waals surface area contributed by atoms with Crippen LogP contribution in [0.15, 0.2) is 78.2 Å². The Bertz CT molecular complexity index is 1150. The molecular weight excluding hydrogens is 394 g/mol. The molecule has 29 heavy (non-hydrogen) atoms. The number of hydrogen-bond donors (Lipinski definition) is 0. The van der Waals surface area contributed by atoms with E-state index in [1.165, 1.54) is 30.3 Å². The van der Waals surface area contributed by atoms with Gasteiger partial charge in [0.25, 0.3) is 0 Å². The van der Waals surface area contributed by atoms with Crippen molar-refractivity contribution in [3.63, 3.8) is 0 Å². The van der Waals surface area contributed by atoms with Gasteiger partial charge in [-0.3, -0.25) is 14.3 Å². The predicted molar refractivity (Wildman–Crippen MR) is 106 cm³/mol. The summed E-state index contributed by atoms with van der Waals surface area (Å²) in [5.41, 5.74) is 1.33. The number of nitrogens with zero attached hydrogens (tertiary/aromatic N) is 4. The molecule has 144 valence electrons. The van der Waals surface area contributed by atoms with Gasteiger partial charge in [0.05, 0.1) is 11.4 Å². The lowest BCUT2D eigenvalue weighted by molar-refractivity contribution is 0.102. The smallest absolute Gasteiger partial charge is 0.196 e.